The lowest BCUT2D eigenvalue weighted by Crippen LogP contribution is -2.25. The number of anilines is 1. The molecule has 0 unspecified atom stereocenters. The van der Waals surface area contributed by atoms with E-state index in [0.717, 1.165) is 83.3 Å². The minimum atomic E-state index is 0.716. The molecule has 9 rings (SSSR count). The van der Waals surface area contributed by atoms with Gasteiger partial charge in [-0.3, -0.25) is 20.4 Å². The quantitative estimate of drug-likeness (QED) is 0.150. The number of pyridine rings is 2. The largest absolute Gasteiger partial charge is 0.454 e. The van der Waals surface area contributed by atoms with Gasteiger partial charge < -0.3 is 19.5 Å². The number of hydrogen-bond donors (Lipinski definition) is 3. The van der Waals surface area contributed by atoms with Crippen LogP contribution >= 0.6 is 0 Å². The first-order valence-electron chi connectivity index (χ1n) is 15.9. The van der Waals surface area contributed by atoms with Crippen LogP contribution < -0.4 is 21.1 Å². The van der Waals surface area contributed by atoms with Crippen molar-refractivity contribution >= 4 is 55.4 Å². The molecule has 234 valence electrons. The maximum atomic E-state index is 6.51. The zero-order valence-electron chi connectivity index (χ0n) is 26.4. The highest BCUT2D eigenvalue weighted by atomic mass is 16.3. The molecular formula is C41H28N6O2. The predicted molar refractivity (Wildman–Crippen MR) is 196 cm³/mol. The summed E-state index contributed by atoms with van der Waals surface area (Å²) in [5, 5.41) is 10.2. The average molecular weight is 637 g/mol. The van der Waals surface area contributed by atoms with Crippen LogP contribution in [0.1, 0.15) is 5.56 Å². The van der Waals surface area contributed by atoms with Crippen molar-refractivity contribution in [3.05, 3.63) is 157 Å². The zero-order valence-corrected chi connectivity index (χ0v) is 26.4. The molecule has 0 fully saturated rings. The predicted octanol–water partition coefficient (Wildman–Crippen LogP) is 8.83. The van der Waals surface area contributed by atoms with Gasteiger partial charge in [0.1, 0.15) is 22.2 Å². The SMILES string of the molecule is CN/C=C\NC1=C(c2ccnc3c2oc2ccc(-c4ccnc5c4oc4ccc(-c6ccccc6N6C=C=CN6)cc45)cc23)C=CC=C=C1. The topological polar surface area (TPSA) is 91.4 Å². The van der Waals surface area contributed by atoms with Crippen LogP contribution in [0.5, 0.6) is 0 Å². The van der Waals surface area contributed by atoms with E-state index >= 15 is 0 Å². The van der Waals surface area contributed by atoms with E-state index in [4.69, 9.17) is 18.8 Å². The number of rotatable bonds is 7. The molecule has 0 spiro atoms. The van der Waals surface area contributed by atoms with Gasteiger partial charge in [-0.15, -0.1) is 5.73 Å². The number of hydrazine groups is 1. The van der Waals surface area contributed by atoms with Gasteiger partial charge in [-0.2, -0.15) is 0 Å². The van der Waals surface area contributed by atoms with E-state index in [1.165, 1.54) is 0 Å². The standard InChI is InChI=1S/C41H28N6O2/c1-42-21-22-43-34-10-4-2-3-9-30(34)31-17-20-45-39-33-25-27(13-15-37(33)49-41(31)39)29-16-19-44-38-32-24-26(12-14-36(32)48-40(29)38)28-8-5-6-11-35(28)47-23-7-18-46-47/h2-3,5-6,8-25,42-43,46H,1H3/b22-21-. The van der Waals surface area contributed by atoms with E-state index < -0.39 is 0 Å². The van der Waals surface area contributed by atoms with E-state index in [2.05, 4.69) is 70.0 Å². The number of furan rings is 2. The van der Waals surface area contributed by atoms with Gasteiger partial charge in [-0.05, 0) is 59.7 Å². The molecule has 49 heavy (non-hydrogen) atoms. The number of allylic oxidation sites excluding steroid dienone is 4. The van der Waals surface area contributed by atoms with Crippen molar-refractivity contribution < 1.29 is 8.83 Å². The van der Waals surface area contributed by atoms with Crippen LogP contribution in [0.15, 0.2) is 160 Å². The van der Waals surface area contributed by atoms with Gasteiger partial charge in [0.05, 0.1) is 23.8 Å². The molecule has 8 nitrogen and oxygen atoms in total. The molecule has 1 aliphatic heterocycles. The van der Waals surface area contributed by atoms with Crippen LogP contribution in [-0.2, 0) is 0 Å². The van der Waals surface area contributed by atoms with Gasteiger partial charge in [-0.1, -0.05) is 48.2 Å². The Hall–Kier alpha value is -6.98. The Labute approximate surface area is 281 Å². The maximum absolute atomic E-state index is 6.51. The van der Waals surface area contributed by atoms with Crippen molar-refractivity contribution in [3.63, 3.8) is 0 Å². The van der Waals surface area contributed by atoms with Crippen molar-refractivity contribution in [1.82, 2.24) is 26.0 Å². The molecule has 2 aliphatic rings. The fourth-order valence-electron chi connectivity index (χ4n) is 6.48. The Bertz CT molecular complexity index is 2690. The summed E-state index contributed by atoms with van der Waals surface area (Å²) in [5.74, 6) is 0. The summed E-state index contributed by atoms with van der Waals surface area (Å²) in [7, 11) is 1.86. The second-order valence-corrected chi connectivity index (χ2v) is 11.6. The lowest BCUT2D eigenvalue weighted by molar-refractivity contribution is 0.666. The first kappa shape index (κ1) is 28.3. The Morgan fingerprint density at radius 2 is 1.49 bits per heavy atom. The zero-order chi connectivity index (χ0) is 32.7. The van der Waals surface area contributed by atoms with E-state index in [-0.39, 0.29) is 0 Å². The molecule has 0 atom stereocenters. The van der Waals surface area contributed by atoms with Gasteiger partial charge in [0.2, 0.25) is 0 Å². The first-order chi connectivity index (χ1) is 24.3. The van der Waals surface area contributed by atoms with Gasteiger partial charge in [0.15, 0.2) is 11.2 Å². The minimum Gasteiger partial charge on any atom is -0.454 e. The molecule has 0 amide bonds. The van der Waals surface area contributed by atoms with Gasteiger partial charge in [-0.25, -0.2) is 0 Å². The number of hydrogen-bond acceptors (Lipinski definition) is 8. The lowest BCUT2D eigenvalue weighted by Gasteiger charge is -2.19. The number of aromatic nitrogens is 2. The van der Waals surface area contributed by atoms with Crippen LogP contribution in [0.3, 0.4) is 0 Å². The highest BCUT2D eigenvalue weighted by molar-refractivity contribution is 6.11. The molecule has 0 saturated heterocycles. The molecule has 3 aromatic carbocycles. The third-order valence-electron chi connectivity index (χ3n) is 8.73. The Morgan fingerprint density at radius 1 is 0.776 bits per heavy atom. The number of nitrogens with one attached hydrogen (secondary N) is 3. The fourth-order valence-corrected chi connectivity index (χ4v) is 6.48. The molecule has 0 radical (unpaired) electrons. The van der Waals surface area contributed by atoms with Crippen LogP contribution in [-0.4, -0.2) is 17.0 Å². The van der Waals surface area contributed by atoms with Gasteiger partial charge >= 0.3 is 0 Å². The highest BCUT2D eigenvalue weighted by Crippen LogP contribution is 2.40. The monoisotopic (exact) mass is 636 g/mol. The summed E-state index contributed by atoms with van der Waals surface area (Å²) in [4.78, 5) is 9.58. The van der Waals surface area contributed by atoms with Crippen LogP contribution in [0.4, 0.5) is 5.69 Å². The van der Waals surface area contributed by atoms with E-state index in [0.29, 0.717) is 5.58 Å². The van der Waals surface area contributed by atoms with Crippen molar-refractivity contribution in [2.24, 2.45) is 0 Å². The molecule has 4 aromatic heterocycles. The highest BCUT2D eigenvalue weighted by Gasteiger charge is 2.20. The van der Waals surface area contributed by atoms with Gasteiger partial charge in [0.25, 0.3) is 0 Å². The molecular weight excluding hydrogens is 608 g/mol. The van der Waals surface area contributed by atoms with E-state index in [9.17, 15) is 0 Å². The normalized spacial score (nSPS) is 13.9. The second kappa shape index (κ2) is 11.7. The van der Waals surface area contributed by atoms with E-state index in [1.807, 2.05) is 97.7 Å². The van der Waals surface area contributed by atoms with Crippen LogP contribution in [0, 0.1) is 0 Å². The summed E-state index contributed by atoms with van der Waals surface area (Å²) in [5.41, 5.74) is 22.0. The molecule has 0 bridgehead atoms. The number of para-hydroxylation sites is 1. The molecule has 7 aromatic rings. The average Bonchev–Trinajstić information content (AvgIpc) is 3.86. The molecule has 3 N–H and O–H groups in total. The lowest BCUT2D eigenvalue weighted by atomic mass is 10.0. The fraction of sp³-hybridized carbons (Fsp3) is 0.0244. The van der Waals surface area contributed by atoms with E-state index in [1.54, 1.807) is 6.20 Å². The molecule has 1 aliphatic carbocycles. The third kappa shape index (κ3) is 4.80. The molecule has 5 heterocycles. The maximum Gasteiger partial charge on any atom is 0.161 e. The third-order valence-corrected chi connectivity index (χ3v) is 8.73. The summed E-state index contributed by atoms with van der Waals surface area (Å²) >= 11 is 0. The summed E-state index contributed by atoms with van der Waals surface area (Å²) in [6.07, 6.45) is 18.9. The summed E-state index contributed by atoms with van der Waals surface area (Å²) in [6.45, 7) is 0. The van der Waals surface area contributed by atoms with Crippen molar-refractivity contribution in [1.29, 1.82) is 0 Å². The second-order valence-electron chi connectivity index (χ2n) is 11.6. The van der Waals surface area contributed by atoms with Crippen molar-refractivity contribution in [3.8, 4) is 22.3 Å². The first-order valence-corrected chi connectivity index (χ1v) is 15.9. The number of nitrogens with zero attached hydrogens (tertiary/aromatic N) is 3. The smallest absolute Gasteiger partial charge is 0.161 e. The van der Waals surface area contributed by atoms with Crippen molar-refractivity contribution in [2.75, 3.05) is 12.1 Å². The summed E-state index contributed by atoms with van der Waals surface area (Å²) in [6, 6.07) is 24.7. The number of benzene rings is 3. The number of fused-ring (bicyclic) bond motifs is 6. The van der Waals surface area contributed by atoms with Crippen molar-refractivity contribution in [2.45, 2.75) is 0 Å². The van der Waals surface area contributed by atoms with Crippen LogP contribution in [0.25, 0.3) is 72.0 Å². The van der Waals surface area contributed by atoms with Crippen LogP contribution in [0.2, 0.25) is 0 Å². The molecule has 8 heteroatoms. The Balaban J connectivity index is 1.15. The van der Waals surface area contributed by atoms with Gasteiger partial charge in [0, 0.05) is 71.0 Å². The Kier molecular flexibility index (Phi) is 6.73. The summed E-state index contributed by atoms with van der Waals surface area (Å²) < 4.78 is 13.0. The Morgan fingerprint density at radius 3 is 2.22 bits per heavy atom. The minimum absolute atomic E-state index is 0.716. The molecule has 0 saturated carbocycles.